The first kappa shape index (κ1) is 12.9. The van der Waals surface area contributed by atoms with Gasteiger partial charge in [-0.3, -0.25) is 0 Å². The Morgan fingerprint density at radius 3 is 2.87 bits per heavy atom. The van der Waals surface area contributed by atoms with E-state index in [-0.39, 0.29) is 0 Å². The number of ether oxygens (including phenoxy) is 1. The van der Waals surface area contributed by atoms with Crippen molar-refractivity contribution >= 4 is 0 Å². The van der Waals surface area contributed by atoms with E-state index in [1.165, 1.54) is 12.8 Å². The summed E-state index contributed by atoms with van der Waals surface area (Å²) in [7, 11) is 0. The van der Waals surface area contributed by atoms with Crippen molar-refractivity contribution in [2.75, 3.05) is 26.2 Å². The van der Waals surface area contributed by atoms with E-state index in [0.29, 0.717) is 18.1 Å². The van der Waals surface area contributed by atoms with Crippen molar-refractivity contribution in [1.29, 1.82) is 0 Å². The molecule has 1 aliphatic heterocycles. The van der Waals surface area contributed by atoms with Crippen molar-refractivity contribution in [1.82, 2.24) is 10.6 Å². The number of rotatable bonds is 7. The summed E-state index contributed by atoms with van der Waals surface area (Å²) < 4.78 is 5.66. The lowest BCUT2D eigenvalue weighted by Gasteiger charge is -2.19. The van der Waals surface area contributed by atoms with Gasteiger partial charge in [-0.15, -0.1) is 0 Å². The van der Waals surface area contributed by atoms with Crippen molar-refractivity contribution in [2.24, 2.45) is 5.92 Å². The quantitative estimate of drug-likeness (QED) is 0.628. The van der Waals surface area contributed by atoms with Crippen LogP contribution in [0.5, 0.6) is 0 Å². The van der Waals surface area contributed by atoms with Crippen LogP contribution in [0.15, 0.2) is 0 Å². The molecule has 0 bridgehead atoms. The van der Waals surface area contributed by atoms with Gasteiger partial charge in [0.1, 0.15) is 0 Å². The van der Waals surface area contributed by atoms with Gasteiger partial charge < -0.3 is 15.4 Å². The summed E-state index contributed by atoms with van der Waals surface area (Å²) in [6.45, 7) is 10.8. The van der Waals surface area contributed by atoms with Crippen molar-refractivity contribution in [3.63, 3.8) is 0 Å². The second-order valence-corrected chi connectivity index (χ2v) is 4.69. The molecule has 3 heteroatoms. The Morgan fingerprint density at radius 2 is 2.27 bits per heavy atom. The van der Waals surface area contributed by atoms with E-state index < -0.39 is 0 Å². The minimum Gasteiger partial charge on any atom is -0.377 e. The maximum Gasteiger partial charge on any atom is 0.0725 e. The van der Waals surface area contributed by atoms with E-state index in [2.05, 4.69) is 31.4 Å². The number of hydrogen-bond acceptors (Lipinski definition) is 3. The van der Waals surface area contributed by atoms with E-state index in [1.807, 2.05) is 0 Å². The molecule has 2 N–H and O–H groups in total. The zero-order chi connectivity index (χ0) is 11.1. The Bertz CT molecular complexity index is 164. The fraction of sp³-hybridized carbons (Fsp3) is 1.00. The zero-order valence-corrected chi connectivity index (χ0v) is 10.4. The molecule has 3 unspecified atom stereocenters. The monoisotopic (exact) mass is 214 g/mol. The lowest BCUT2D eigenvalue weighted by atomic mass is 10.0. The van der Waals surface area contributed by atoms with Crippen LogP contribution in [0.25, 0.3) is 0 Å². The molecule has 1 rings (SSSR count). The third kappa shape index (κ3) is 4.96. The Kier molecular flexibility index (Phi) is 6.22. The molecular formula is C12H26N2O. The van der Waals surface area contributed by atoms with Crippen molar-refractivity contribution in [3.8, 4) is 0 Å². The minimum atomic E-state index is 0.429. The average molecular weight is 214 g/mol. The summed E-state index contributed by atoms with van der Waals surface area (Å²) >= 11 is 0. The van der Waals surface area contributed by atoms with Gasteiger partial charge in [-0.2, -0.15) is 0 Å². The summed E-state index contributed by atoms with van der Waals surface area (Å²) in [6.07, 6.45) is 2.85. The second-order valence-electron chi connectivity index (χ2n) is 4.69. The fourth-order valence-electron chi connectivity index (χ4n) is 1.90. The van der Waals surface area contributed by atoms with E-state index in [1.54, 1.807) is 0 Å². The Hall–Kier alpha value is -0.120. The van der Waals surface area contributed by atoms with E-state index in [9.17, 15) is 0 Å². The lowest BCUT2D eigenvalue weighted by molar-refractivity contribution is 0.0912. The topological polar surface area (TPSA) is 33.3 Å². The molecule has 3 nitrogen and oxygen atoms in total. The molecule has 0 spiro atoms. The van der Waals surface area contributed by atoms with Crippen molar-refractivity contribution in [3.05, 3.63) is 0 Å². The third-order valence-corrected chi connectivity index (χ3v) is 3.08. The molecule has 3 atom stereocenters. The van der Waals surface area contributed by atoms with Crippen LogP contribution < -0.4 is 10.6 Å². The average Bonchev–Trinajstić information content (AvgIpc) is 2.61. The van der Waals surface area contributed by atoms with Crippen LogP contribution in [0.2, 0.25) is 0 Å². The molecule has 1 aliphatic rings. The van der Waals surface area contributed by atoms with Gasteiger partial charge in [-0.1, -0.05) is 13.8 Å². The predicted molar refractivity (Wildman–Crippen MR) is 64.1 cm³/mol. The summed E-state index contributed by atoms with van der Waals surface area (Å²) in [5.74, 6) is 0.716. The molecule has 1 saturated heterocycles. The summed E-state index contributed by atoms with van der Waals surface area (Å²) in [5, 5.41) is 6.94. The van der Waals surface area contributed by atoms with Gasteiger partial charge in [0.15, 0.2) is 0 Å². The number of hydrogen-bond donors (Lipinski definition) is 2. The van der Waals surface area contributed by atoms with Crippen LogP contribution in [0.3, 0.4) is 0 Å². The van der Waals surface area contributed by atoms with Crippen molar-refractivity contribution < 1.29 is 4.74 Å². The van der Waals surface area contributed by atoms with Crippen molar-refractivity contribution in [2.45, 2.75) is 45.8 Å². The lowest BCUT2D eigenvalue weighted by Crippen LogP contribution is -2.41. The van der Waals surface area contributed by atoms with Crippen LogP contribution in [-0.4, -0.2) is 38.4 Å². The van der Waals surface area contributed by atoms with Gasteiger partial charge in [-0.05, 0) is 32.2 Å². The first-order valence-electron chi connectivity index (χ1n) is 6.29. The maximum atomic E-state index is 5.66. The molecule has 1 heterocycles. The third-order valence-electron chi connectivity index (χ3n) is 3.08. The highest BCUT2D eigenvalue weighted by molar-refractivity contribution is 4.76. The van der Waals surface area contributed by atoms with E-state index >= 15 is 0 Å². The maximum absolute atomic E-state index is 5.66. The summed E-state index contributed by atoms with van der Waals surface area (Å²) in [5.41, 5.74) is 0. The molecule has 15 heavy (non-hydrogen) atoms. The van der Waals surface area contributed by atoms with Crippen LogP contribution in [-0.2, 0) is 4.74 Å². The van der Waals surface area contributed by atoms with Gasteiger partial charge >= 0.3 is 0 Å². The van der Waals surface area contributed by atoms with Crippen LogP contribution in [0.4, 0.5) is 0 Å². The number of nitrogens with one attached hydrogen (secondary N) is 2. The first-order valence-corrected chi connectivity index (χ1v) is 6.29. The minimum absolute atomic E-state index is 0.429. The van der Waals surface area contributed by atoms with E-state index in [4.69, 9.17) is 4.74 Å². The van der Waals surface area contributed by atoms with E-state index in [0.717, 1.165) is 26.2 Å². The molecule has 0 aromatic heterocycles. The first-order chi connectivity index (χ1) is 7.24. The largest absolute Gasteiger partial charge is 0.377 e. The molecular weight excluding hydrogens is 188 g/mol. The van der Waals surface area contributed by atoms with Crippen LogP contribution in [0.1, 0.15) is 33.6 Å². The fourth-order valence-corrected chi connectivity index (χ4v) is 1.90. The highest BCUT2D eigenvalue weighted by Crippen LogP contribution is 2.19. The van der Waals surface area contributed by atoms with Crippen LogP contribution >= 0.6 is 0 Å². The molecule has 0 saturated carbocycles. The van der Waals surface area contributed by atoms with Gasteiger partial charge in [0.05, 0.1) is 6.10 Å². The SMILES string of the molecule is CCCNCC(C)NCC1OCCC1C. The molecule has 0 radical (unpaired) electrons. The molecule has 0 aromatic carbocycles. The summed E-state index contributed by atoms with van der Waals surface area (Å²) in [6, 6.07) is 0.535. The Labute approximate surface area is 94.0 Å². The molecule has 0 aliphatic carbocycles. The Morgan fingerprint density at radius 1 is 1.47 bits per heavy atom. The van der Waals surface area contributed by atoms with Crippen LogP contribution in [0, 0.1) is 5.92 Å². The standard InChI is InChI=1S/C12H26N2O/c1-4-6-13-8-11(3)14-9-12-10(2)5-7-15-12/h10-14H,4-9H2,1-3H3. The van der Waals surface area contributed by atoms with Gasteiger partial charge in [0, 0.05) is 25.7 Å². The molecule has 90 valence electrons. The summed E-state index contributed by atoms with van der Waals surface area (Å²) in [4.78, 5) is 0. The smallest absolute Gasteiger partial charge is 0.0725 e. The molecule has 1 fully saturated rings. The predicted octanol–water partition coefficient (Wildman–Crippen LogP) is 1.39. The Balaban J connectivity index is 2.03. The molecule has 0 aromatic rings. The zero-order valence-electron chi connectivity index (χ0n) is 10.4. The highest BCUT2D eigenvalue weighted by Gasteiger charge is 2.23. The van der Waals surface area contributed by atoms with Gasteiger partial charge in [0.25, 0.3) is 0 Å². The second kappa shape index (κ2) is 7.20. The van der Waals surface area contributed by atoms with Gasteiger partial charge in [0.2, 0.25) is 0 Å². The highest BCUT2D eigenvalue weighted by atomic mass is 16.5. The normalized spacial score (nSPS) is 28.2. The van der Waals surface area contributed by atoms with Gasteiger partial charge in [-0.25, -0.2) is 0 Å². The molecule has 0 amide bonds.